The maximum atomic E-state index is 13.0. The number of amides is 1. The van der Waals surface area contributed by atoms with E-state index in [9.17, 15) is 9.90 Å². The Hall–Kier alpha value is -2.21. The standard InChI is InChI=1S/C22H28N2O3/c1-16(18-9-5-3-6-10-18)23-22(26)21-15-20(13-14-25)27-24(21)17(2)19-11-7-4-8-12-19/h3-12,16-17,20-21,25H,13-15H2,1-2H3,(H,23,26)/t16-,17-,20+,21+/m1/s1. The first kappa shape index (κ1) is 19.5. The van der Waals surface area contributed by atoms with Crippen molar-refractivity contribution in [2.24, 2.45) is 0 Å². The molecule has 0 aliphatic carbocycles. The smallest absolute Gasteiger partial charge is 0.240 e. The number of hydrogen-bond acceptors (Lipinski definition) is 4. The Balaban J connectivity index is 1.74. The van der Waals surface area contributed by atoms with Crippen molar-refractivity contribution in [1.29, 1.82) is 0 Å². The molecule has 5 heteroatoms. The average Bonchev–Trinajstić information content (AvgIpc) is 3.13. The molecule has 1 saturated heterocycles. The van der Waals surface area contributed by atoms with E-state index in [1.54, 1.807) is 5.06 Å². The van der Waals surface area contributed by atoms with Gasteiger partial charge in [0.15, 0.2) is 0 Å². The van der Waals surface area contributed by atoms with Crippen LogP contribution >= 0.6 is 0 Å². The molecule has 1 aliphatic heterocycles. The first-order valence-corrected chi connectivity index (χ1v) is 9.56. The monoisotopic (exact) mass is 368 g/mol. The van der Waals surface area contributed by atoms with E-state index < -0.39 is 0 Å². The van der Waals surface area contributed by atoms with Crippen LogP contribution in [0.25, 0.3) is 0 Å². The molecular weight excluding hydrogens is 340 g/mol. The van der Waals surface area contributed by atoms with E-state index in [1.165, 1.54) is 0 Å². The zero-order valence-electron chi connectivity index (χ0n) is 15.9. The Labute approximate surface area is 160 Å². The fraction of sp³-hybridized carbons (Fsp3) is 0.409. The maximum absolute atomic E-state index is 13.0. The fourth-order valence-corrected chi connectivity index (χ4v) is 3.55. The van der Waals surface area contributed by atoms with Gasteiger partial charge in [-0.3, -0.25) is 9.63 Å². The SMILES string of the molecule is C[C@H](c1ccccc1)N1O[C@@H](CCO)C[C@H]1C(=O)N[C@H](C)c1ccccc1. The summed E-state index contributed by atoms with van der Waals surface area (Å²) in [5, 5.41) is 14.2. The summed E-state index contributed by atoms with van der Waals surface area (Å²) in [6, 6.07) is 19.4. The van der Waals surface area contributed by atoms with Gasteiger partial charge in [-0.05, 0) is 31.4 Å². The number of carbonyl (C=O) groups is 1. The molecule has 0 spiro atoms. The second-order valence-electron chi connectivity index (χ2n) is 7.08. The molecule has 2 aromatic rings. The molecule has 2 aromatic carbocycles. The molecule has 0 aromatic heterocycles. The number of rotatable bonds is 7. The molecule has 0 radical (unpaired) electrons. The van der Waals surface area contributed by atoms with Gasteiger partial charge in [0.2, 0.25) is 5.91 Å². The number of hydroxylamine groups is 2. The third-order valence-corrected chi connectivity index (χ3v) is 5.14. The Morgan fingerprint density at radius 2 is 1.70 bits per heavy atom. The lowest BCUT2D eigenvalue weighted by atomic mass is 10.0. The van der Waals surface area contributed by atoms with Crippen molar-refractivity contribution in [1.82, 2.24) is 10.4 Å². The highest BCUT2D eigenvalue weighted by molar-refractivity contribution is 5.82. The fourth-order valence-electron chi connectivity index (χ4n) is 3.55. The van der Waals surface area contributed by atoms with Crippen LogP contribution in [0.3, 0.4) is 0 Å². The van der Waals surface area contributed by atoms with Gasteiger partial charge in [0, 0.05) is 13.0 Å². The van der Waals surface area contributed by atoms with Gasteiger partial charge in [-0.15, -0.1) is 0 Å². The topological polar surface area (TPSA) is 61.8 Å². The van der Waals surface area contributed by atoms with Crippen LogP contribution < -0.4 is 5.32 Å². The van der Waals surface area contributed by atoms with E-state index in [0.717, 1.165) is 11.1 Å². The van der Waals surface area contributed by atoms with Gasteiger partial charge in [-0.2, -0.15) is 5.06 Å². The van der Waals surface area contributed by atoms with Crippen LogP contribution in [0.5, 0.6) is 0 Å². The van der Waals surface area contributed by atoms with Crippen molar-refractivity contribution in [3.8, 4) is 0 Å². The predicted molar refractivity (Wildman–Crippen MR) is 105 cm³/mol. The first-order valence-electron chi connectivity index (χ1n) is 9.56. The lowest BCUT2D eigenvalue weighted by Crippen LogP contribution is -2.44. The van der Waals surface area contributed by atoms with Crippen molar-refractivity contribution in [3.05, 3.63) is 71.8 Å². The van der Waals surface area contributed by atoms with Crippen LogP contribution in [0.4, 0.5) is 0 Å². The summed E-state index contributed by atoms with van der Waals surface area (Å²) in [4.78, 5) is 19.1. The second kappa shape index (κ2) is 9.13. The summed E-state index contributed by atoms with van der Waals surface area (Å²) >= 11 is 0. The van der Waals surface area contributed by atoms with Gasteiger partial charge in [-0.1, -0.05) is 60.7 Å². The molecule has 2 N–H and O–H groups in total. The molecule has 27 heavy (non-hydrogen) atoms. The number of aliphatic hydroxyl groups excluding tert-OH is 1. The molecule has 144 valence electrons. The number of nitrogens with one attached hydrogen (secondary N) is 1. The third kappa shape index (κ3) is 4.75. The Morgan fingerprint density at radius 1 is 1.11 bits per heavy atom. The van der Waals surface area contributed by atoms with Crippen LogP contribution in [0, 0.1) is 0 Å². The average molecular weight is 368 g/mol. The predicted octanol–water partition coefficient (Wildman–Crippen LogP) is 3.38. The summed E-state index contributed by atoms with van der Waals surface area (Å²) in [6.07, 6.45) is 0.949. The molecule has 4 atom stereocenters. The number of hydrogen-bond donors (Lipinski definition) is 2. The maximum Gasteiger partial charge on any atom is 0.240 e. The van der Waals surface area contributed by atoms with E-state index in [-0.39, 0.29) is 36.7 Å². The van der Waals surface area contributed by atoms with E-state index in [1.807, 2.05) is 74.5 Å². The van der Waals surface area contributed by atoms with Crippen LogP contribution in [-0.2, 0) is 9.63 Å². The number of nitrogens with zero attached hydrogens (tertiary/aromatic N) is 1. The molecule has 5 nitrogen and oxygen atoms in total. The molecular formula is C22H28N2O3. The Bertz CT molecular complexity index is 723. The minimum absolute atomic E-state index is 0.0467. The normalized spacial score (nSPS) is 22.3. The van der Waals surface area contributed by atoms with Gasteiger partial charge in [-0.25, -0.2) is 0 Å². The van der Waals surface area contributed by atoms with Gasteiger partial charge in [0.1, 0.15) is 6.04 Å². The highest BCUT2D eigenvalue weighted by Gasteiger charge is 2.41. The number of benzene rings is 2. The van der Waals surface area contributed by atoms with Crippen molar-refractivity contribution in [2.45, 2.75) is 50.9 Å². The summed E-state index contributed by atoms with van der Waals surface area (Å²) < 4.78 is 0. The van der Waals surface area contributed by atoms with E-state index >= 15 is 0 Å². The third-order valence-electron chi connectivity index (χ3n) is 5.14. The van der Waals surface area contributed by atoms with E-state index in [4.69, 9.17) is 4.84 Å². The molecule has 1 heterocycles. The minimum atomic E-state index is -0.386. The van der Waals surface area contributed by atoms with Gasteiger partial charge in [0.25, 0.3) is 0 Å². The Kier molecular flexibility index (Phi) is 6.61. The van der Waals surface area contributed by atoms with Crippen molar-refractivity contribution < 1.29 is 14.7 Å². The molecule has 0 unspecified atom stereocenters. The highest BCUT2D eigenvalue weighted by atomic mass is 16.7. The minimum Gasteiger partial charge on any atom is -0.396 e. The number of aliphatic hydroxyl groups is 1. The summed E-state index contributed by atoms with van der Waals surface area (Å²) in [7, 11) is 0. The molecule has 0 saturated carbocycles. The second-order valence-corrected chi connectivity index (χ2v) is 7.08. The first-order chi connectivity index (χ1) is 13.1. The van der Waals surface area contributed by atoms with E-state index in [2.05, 4.69) is 5.32 Å². The molecule has 1 fully saturated rings. The van der Waals surface area contributed by atoms with Crippen molar-refractivity contribution >= 4 is 5.91 Å². The summed E-state index contributed by atoms with van der Waals surface area (Å²) in [5.41, 5.74) is 2.16. The Morgan fingerprint density at radius 3 is 2.30 bits per heavy atom. The van der Waals surface area contributed by atoms with Crippen LogP contribution in [0.15, 0.2) is 60.7 Å². The summed E-state index contributed by atoms with van der Waals surface area (Å²) in [6.45, 7) is 4.07. The molecule has 1 aliphatic rings. The largest absolute Gasteiger partial charge is 0.396 e. The highest BCUT2D eigenvalue weighted by Crippen LogP contribution is 2.32. The van der Waals surface area contributed by atoms with Crippen LogP contribution in [-0.4, -0.2) is 34.8 Å². The lowest BCUT2D eigenvalue weighted by Gasteiger charge is -2.29. The lowest BCUT2D eigenvalue weighted by molar-refractivity contribution is -0.192. The molecule has 1 amide bonds. The zero-order valence-corrected chi connectivity index (χ0v) is 15.9. The van der Waals surface area contributed by atoms with Gasteiger partial charge >= 0.3 is 0 Å². The quantitative estimate of drug-likeness (QED) is 0.786. The molecule has 0 bridgehead atoms. The van der Waals surface area contributed by atoms with E-state index in [0.29, 0.717) is 12.8 Å². The van der Waals surface area contributed by atoms with Gasteiger partial charge in [0.05, 0.1) is 18.2 Å². The van der Waals surface area contributed by atoms with Crippen molar-refractivity contribution in [3.63, 3.8) is 0 Å². The molecule has 3 rings (SSSR count). The van der Waals surface area contributed by atoms with Crippen LogP contribution in [0.1, 0.15) is 49.9 Å². The van der Waals surface area contributed by atoms with Gasteiger partial charge < -0.3 is 10.4 Å². The number of carbonyl (C=O) groups excluding carboxylic acids is 1. The van der Waals surface area contributed by atoms with Crippen LogP contribution in [0.2, 0.25) is 0 Å². The van der Waals surface area contributed by atoms with Crippen molar-refractivity contribution in [2.75, 3.05) is 6.61 Å². The zero-order chi connectivity index (χ0) is 19.2. The summed E-state index contributed by atoms with van der Waals surface area (Å²) in [5.74, 6) is -0.0467.